The zero-order valence-electron chi connectivity index (χ0n) is 15.5. The molecule has 1 amide bonds. The molecule has 1 N–H and O–H groups in total. The second-order valence-electron chi connectivity index (χ2n) is 6.08. The second-order valence-corrected chi connectivity index (χ2v) is 6.48. The van der Waals surface area contributed by atoms with Gasteiger partial charge in [-0.15, -0.1) is 0 Å². The molecule has 5 nitrogen and oxygen atoms in total. The van der Waals surface area contributed by atoms with Crippen molar-refractivity contribution in [2.75, 3.05) is 26.2 Å². The number of carbonyl (C=O) groups is 1. The number of aryl methyl sites for hydroxylation is 1. The van der Waals surface area contributed by atoms with Gasteiger partial charge in [-0.2, -0.15) is 5.10 Å². The van der Waals surface area contributed by atoms with Crippen molar-refractivity contribution in [2.45, 2.75) is 34.2 Å². The zero-order valence-corrected chi connectivity index (χ0v) is 16.2. The highest BCUT2D eigenvalue weighted by Gasteiger charge is 2.19. The molecule has 0 aliphatic heterocycles. The van der Waals surface area contributed by atoms with Crippen LogP contribution in [0.4, 0.5) is 0 Å². The Morgan fingerprint density at radius 2 is 1.92 bits per heavy atom. The Kier molecular flexibility index (Phi) is 7.02. The molecule has 1 aromatic carbocycles. The standard InChI is InChI=1S/C19H27ClN4O/c1-5-23(6-2)12-11-21-19(25)18-14(3)22-24(15(18)4)13-16-9-7-8-10-17(16)20/h7-10H,5-6,11-13H2,1-4H3,(H,21,25). The van der Waals surface area contributed by atoms with Crippen LogP contribution in [-0.2, 0) is 6.54 Å². The molecular weight excluding hydrogens is 336 g/mol. The summed E-state index contributed by atoms with van der Waals surface area (Å²) in [5.41, 5.74) is 3.25. The van der Waals surface area contributed by atoms with Gasteiger partial charge in [0, 0.05) is 23.8 Å². The third-order valence-electron chi connectivity index (χ3n) is 4.49. The average Bonchev–Trinajstić information content (AvgIpc) is 2.87. The molecule has 25 heavy (non-hydrogen) atoms. The quantitative estimate of drug-likeness (QED) is 0.784. The Labute approximate surface area is 155 Å². The minimum atomic E-state index is -0.0624. The van der Waals surface area contributed by atoms with Crippen molar-refractivity contribution in [3.63, 3.8) is 0 Å². The first kappa shape index (κ1) is 19.5. The third kappa shape index (κ3) is 4.83. The van der Waals surface area contributed by atoms with Gasteiger partial charge < -0.3 is 10.2 Å². The number of hydrogen-bond donors (Lipinski definition) is 1. The van der Waals surface area contributed by atoms with E-state index in [1.54, 1.807) is 0 Å². The van der Waals surface area contributed by atoms with E-state index in [1.807, 2.05) is 42.8 Å². The van der Waals surface area contributed by atoms with Crippen LogP contribution in [0.1, 0.15) is 41.2 Å². The summed E-state index contributed by atoms with van der Waals surface area (Å²) in [5, 5.41) is 8.25. The summed E-state index contributed by atoms with van der Waals surface area (Å²) in [7, 11) is 0. The lowest BCUT2D eigenvalue weighted by atomic mass is 10.1. The second kappa shape index (κ2) is 9.02. The van der Waals surface area contributed by atoms with E-state index in [-0.39, 0.29) is 5.91 Å². The van der Waals surface area contributed by atoms with Gasteiger partial charge in [-0.1, -0.05) is 43.6 Å². The molecule has 0 fully saturated rings. The number of hydrogen-bond acceptors (Lipinski definition) is 3. The summed E-state index contributed by atoms with van der Waals surface area (Å²) in [5.74, 6) is -0.0624. The van der Waals surface area contributed by atoms with Crippen molar-refractivity contribution in [3.8, 4) is 0 Å². The van der Waals surface area contributed by atoms with Gasteiger partial charge in [0.15, 0.2) is 0 Å². The van der Waals surface area contributed by atoms with E-state index >= 15 is 0 Å². The lowest BCUT2D eigenvalue weighted by molar-refractivity contribution is 0.0947. The topological polar surface area (TPSA) is 50.2 Å². The number of halogens is 1. The normalized spacial score (nSPS) is 11.1. The van der Waals surface area contributed by atoms with E-state index in [2.05, 4.69) is 29.2 Å². The van der Waals surface area contributed by atoms with E-state index in [9.17, 15) is 4.79 Å². The predicted molar refractivity (Wildman–Crippen MR) is 102 cm³/mol. The number of nitrogens with zero attached hydrogens (tertiary/aromatic N) is 3. The van der Waals surface area contributed by atoms with Crippen LogP contribution in [0, 0.1) is 13.8 Å². The van der Waals surface area contributed by atoms with E-state index in [0.717, 1.165) is 36.6 Å². The van der Waals surface area contributed by atoms with Crippen molar-refractivity contribution in [1.82, 2.24) is 20.0 Å². The van der Waals surface area contributed by atoms with Crippen LogP contribution in [0.3, 0.4) is 0 Å². The Balaban J connectivity index is 2.08. The highest BCUT2D eigenvalue weighted by atomic mass is 35.5. The number of aromatic nitrogens is 2. The Hall–Kier alpha value is -1.85. The lowest BCUT2D eigenvalue weighted by Crippen LogP contribution is -2.35. The smallest absolute Gasteiger partial charge is 0.255 e. The first-order valence-corrected chi connectivity index (χ1v) is 9.13. The molecule has 0 aliphatic carbocycles. The van der Waals surface area contributed by atoms with Crippen LogP contribution in [0.5, 0.6) is 0 Å². The summed E-state index contributed by atoms with van der Waals surface area (Å²) in [6.45, 7) is 12.1. The molecule has 1 heterocycles. The molecule has 0 saturated carbocycles. The molecular formula is C19H27ClN4O. The highest BCUT2D eigenvalue weighted by Crippen LogP contribution is 2.19. The molecule has 0 radical (unpaired) electrons. The maximum Gasteiger partial charge on any atom is 0.255 e. The lowest BCUT2D eigenvalue weighted by Gasteiger charge is -2.18. The summed E-state index contributed by atoms with van der Waals surface area (Å²) in [4.78, 5) is 14.8. The molecule has 1 aromatic heterocycles. The Morgan fingerprint density at radius 3 is 2.56 bits per heavy atom. The third-order valence-corrected chi connectivity index (χ3v) is 4.86. The van der Waals surface area contributed by atoms with Gasteiger partial charge >= 0.3 is 0 Å². The number of amides is 1. The number of carbonyl (C=O) groups excluding carboxylic acids is 1. The summed E-state index contributed by atoms with van der Waals surface area (Å²) >= 11 is 6.24. The van der Waals surface area contributed by atoms with Crippen molar-refractivity contribution in [2.24, 2.45) is 0 Å². The summed E-state index contributed by atoms with van der Waals surface area (Å²) in [6, 6.07) is 7.70. The first-order chi connectivity index (χ1) is 12.0. The van der Waals surface area contributed by atoms with Gasteiger partial charge in [0.1, 0.15) is 0 Å². The minimum Gasteiger partial charge on any atom is -0.351 e. The van der Waals surface area contributed by atoms with E-state index in [1.165, 1.54) is 0 Å². The number of rotatable bonds is 8. The molecule has 0 unspecified atom stereocenters. The fourth-order valence-electron chi connectivity index (χ4n) is 2.92. The van der Waals surface area contributed by atoms with Crippen LogP contribution in [0.15, 0.2) is 24.3 Å². The number of likely N-dealkylation sites (N-methyl/N-ethyl adjacent to an activating group) is 1. The van der Waals surface area contributed by atoms with Crippen molar-refractivity contribution < 1.29 is 4.79 Å². The maximum absolute atomic E-state index is 12.6. The maximum atomic E-state index is 12.6. The predicted octanol–water partition coefficient (Wildman–Crippen LogP) is 3.27. The largest absolute Gasteiger partial charge is 0.351 e. The highest BCUT2D eigenvalue weighted by molar-refractivity contribution is 6.31. The number of benzene rings is 1. The number of nitrogens with one attached hydrogen (secondary N) is 1. The first-order valence-electron chi connectivity index (χ1n) is 8.75. The monoisotopic (exact) mass is 362 g/mol. The van der Waals surface area contributed by atoms with Gasteiger partial charge in [0.25, 0.3) is 5.91 Å². The van der Waals surface area contributed by atoms with Gasteiger partial charge in [-0.3, -0.25) is 9.48 Å². The Bertz CT molecular complexity index is 722. The SMILES string of the molecule is CCN(CC)CCNC(=O)c1c(C)nn(Cc2ccccc2Cl)c1C. The van der Waals surface area contributed by atoms with Crippen LogP contribution >= 0.6 is 11.6 Å². The molecule has 6 heteroatoms. The summed E-state index contributed by atoms with van der Waals surface area (Å²) < 4.78 is 1.84. The average molecular weight is 363 g/mol. The van der Waals surface area contributed by atoms with Gasteiger partial charge in [-0.05, 0) is 38.6 Å². The van der Waals surface area contributed by atoms with Crippen molar-refractivity contribution >= 4 is 17.5 Å². The molecule has 136 valence electrons. The molecule has 0 atom stereocenters. The van der Waals surface area contributed by atoms with Crippen molar-refractivity contribution in [1.29, 1.82) is 0 Å². The van der Waals surface area contributed by atoms with Crippen LogP contribution < -0.4 is 5.32 Å². The van der Waals surface area contributed by atoms with Crippen LogP contribution in [0.2, 0.25) is 5.02 Å². The van der Waals surface area contributed by atoms with Gasteiger partial charge in [0.05, 0.1) is 17.8 Å². The molecule has 2 aromatic rings. The molecule has 2 rings (SSSR count). The molecule has 0 bridgehead atoms. The van der Waals surface area contributed by atoms with Gasteiger partial charge in [0.2, 0.25) is 0 Å². The molecule has 0 aliphatic rings. The fraction of sp³-hybridized carbons (Fsp3) is 0.474. The van der Waals surface area contributed by atoms with Crippen LogP contribution in [0.25, 0.3) is 0 Å². The molecule has 0 spiro atoms. The van der Waals surface area contributed by atoms with Gasteiger partial charge in [-0.25, -0.2) is 0 Å². The fourth-order valence-corrected chi connectivity index (χ4v) is 3.12. The van der Waals surface area contributed by atoms with E-state index in [4.69, 9.17) is 11.6 Å². The summed E-state index contributed by atoms with van der Waals surface area (Å²) in [6.07, 6.45) is 0. The van der Waals surface area contributed by atoms with E-state index in [0.29, 0.717) is 23.7 Å². The van der Waals surface area contributed by atoms with Crippen molar-refractivity contribution in [3.05, 3.63) is 51.8 Å². The zero-order chi connectivity index (χ0) is 18.4. The Morgan fingerprint density at radius 1 is 1.24 bits per heavy atom. The molecule has 0 saturated heterocycles. The van der Waals surface area contributed by atoms with E-state index < -0.39 is 0 Å². The minimum absolute atomic E-state index is 0.0624. The van der Waals surface area contributed by atoms with Crippen LogP contribution in [-0.4, -0.2) is 46.8 Å².